The third-order valence-electron chi connectivity index (χ3n) is 3.83. The van der Waals surface area contributed by atoms with Crippen molar-refractivity contribution in [2.75, 3.05) is 11.9 Å². The van der Waals surface area contributed by atoms with Gasteiger partial charge in [-0.05, 0) is 25.5 Å². The highest BCUT2D eigenvalue weighted by atomic mass is 15.2. The van der Waals surface area contributed by atoms with Crippen molar-refractivity contribution in [3.05, 3.63) is 54.1 Å². The Hall–Kier alpha value is -2.09. The molecular formula is C17H18N2. The molecule has 0 N–H and O–H groups in total. The highest BCUT2D eigenvalue weighted by molar-refractivity contribution is 6.06. The number of aliphatic imine (C=N–C) groups is 1. The summed E-state index contributed by atoms with van der Waals surface area (Å²) < 4.78 is 0. The van der Waals surface area contributed by atoms with Crippen LogP contribution in [0.25, 0.3) is 11.1 Å². The topological polar surface area (TPSA) is 15.6 Å². The number of hydrogen-bond acceptors (Lipinski definition) is 2. The molecule has 1 aliphatic heterocycles. The van der Waals surface area contributed by atoms with E-state index < -0.39 is 0 Å². The monoisotopic (exact) mass is 250 g/mol. The first-order valence-corrected chi connectivity index (χ1v) is 6.64. The van der Waals surface area contributed by atoms with Gasteiger partial charge in [0.2, 0.25) is 0 Å². The maximum Gasteiger partial charge on any atom is 0.118 e. The molecule has 0 spiro atoms. The van der Waals surface area contributed by atoms with Crippen LogP contribution < -0.4 is 4.90 Å². The third-order valence-corrected chi connectivity index (χ3v) is 3.83. The molecule has 0 saturated heterocycles. The first-order valence-electron chi connectivity index (χ1n) is 6.64. The second kappa shape index (κ2) is 4.54. The maximum absolute atomic E-state index is 4.80. The Bertz CT molecular complexity index is 643. The molecule has 1 aliphatic rings. The van der Waals surface area contributed by atoms with Gasteiger partial charge in [0, 0.05) is 29.6 Å². The Balaban J connectivity index is 2.35. The molecule has 0 saturated carbocycles. The zero-order valence-electron chi connectivity index (χ0n) is 11.6. The number of para-hydroxylation sites is 1. The second-order valence-electron chi connectivity index (χ2n) is 5.02. The highest BCUT2D eigenvalue weighted by Crippen LogP contribution is 2.35. The van der Waals surface area contributed by atoms with Crippen LogP contribution in [0.1, 0.15) is 19.4 Å². The van der Waals surface area contributed by atoms with E-state index in [1.807, 2.05) is 0 Å². The molecule has 0 aliphatic carbocycles. The molecule has 19 heavy (non-hydrogen) atoms. The lowest BCUT2D eigenvalue weighted by Gasteiger charge is -2.29. The molecule has 1 heterocycles. The van der Waals surface area contributed by atoms with Gasteiger partial charge in [0.1, 0.15) is 6.17 Å². The van der Waals surface area contributed by atoms with E-state index in [2.05, 4.69) is 74.3 Å². The van der Waals surface area contributed by atoms with Crippen LogP contribution in [0.5, 0.6) is 0 Å². The number of anilines is 1. The normalized spacial score (nSPS) is 17.9. The summed E-state index contributed by atoms with van der Waals surface area (Å²) in [5.41, 5.74) is 6.11. The molecular weight excluding hydrogens is 232 g/mol. The zero-order chi connectivity index (χ0) is 13.4. The fourth-order valence-corrected chi connectivity index (χ4v) is 2.68. The summed E-state index contributed by atoms with van der Waals surface area (Å²) in [4.78, 5) is 7.03. The van der Waals surface area contributed by atoms with Gasteiger partial charge in [-0.3, -0.25) is 4.99 Å². The predicted molar refractivity (Wildman–Crippen MR) is 82.0 cm³/mol. The van der Waals surface area contributed by atoms with E-state index in [1.54, 1.807) is 0 Å². The predicted octanol–water partition coefficient (Wildman–Crippen LogP) is 3.96. The van der Waals surface area contributed by atoms with Crippen LogP contribution in [0, 0.1) is 0 Å². The Labute approximate surface area is 114 Å². The molecule has 2 nitrogen and oxygen atoms in total. The van der Waals surface area contributed by atoms with Gasteiger partial charge in [0.05, 0.1) is 0 Å². The summed E-state index contributed by atoms with van der Waals surface area (Å²) in [5, 5.41) is 0. The van der Waals surface area contributed by atoms with Crippen molar-refractivity contribution in [2.45, 2.75) is 20.0 Å². The van der Waals surface area contributed by atoms with Gasteiger partial charge in [-0.2, -0.15) is 0 Å². The summed E-state index contributed by atoms with van der Waals surface area (Å²) in [7, 11) is 2.11. The summed E-state index contributed by atoms with van der Waals surface area (Å²) >= 11 is 0. The standard InChI is InChI=1S/C17H18N2/c1-12-14-8-4-5-9-15(14)16-10-6-7-11-17(16)19(3)13(2)18-12/h4-11,13H,1-3H3. The zero-order valence-corrected chi connectivity index (χ0v) is 11.6. The Kier molecular flexibility index (Phi) is 2.86. The molecule has 0 radical (unpaired) electrons. The fraction of sp³-hybridized carbons (Fsp3) is 0.235. The second-order valence-corrected chi connectivity index (χ2v) is 5.02. The minimum Gasteiger partial charge on any atom is -0.353 e. The van der Waals surface area contributed by atoms with Gasteiger partial charge in [-0.1, -0.05) is 42.5 Å². The molecule has 2 aromatic carbocycles. The van der Waals surface area contributed by atoms with Crippen LogP contribution in [-0.2, 0) is 0 Å². The van der Waals surface area contributed by atoms with Crippen LogP contribution in [0.3, 0.4) is 0 Å². The molecule has 0 aromatic heterocycles. The van der Waals surface area contributed by atoms with Crippen molar-refractivity contribution in [1.82, 2.24) is 0 Å². The van der Waals surface area contributed by atoms with Gasteiger partial charge >= 0.3 is 0 Å². The molecule has 1 unspecified atom stereocenters. The van der Waals surface area contributed by atoms with Gasteiger partial charge in [0.25, 0.3) is 0 Å². The van der Waals surface area contributed by atoms with E-state index in [9.17, 15) is 0 Å². The van der Waals surface area contributed by atoms with Crippen LogP contribution in [0.4, 0.5) is 5.69 Å². The van der Waals surface area contributed by atoms with Gasteiger partial charge in [-0.15, -0.1) is 0 Å². The van der Waals surface area contributed by atoms with Crippen molar-refractivity contribution in [3.63, 3.8) is 0 Å². The lowest BCUT2D eigenvalue weighted by atomic mass is 9.94. The van der Waals surface area contributed by atoms with E-state index in [-0.39, 0.29) is 6.17 Å². The molecule has 2 aromatic rings. The van der Waals surface area contributed by atoms with Crippen molar-refractivity contribution in [1.29, 1.82) is 0 Å². The maximum atomic E-state index is 4.80. The number of fused-ring (bicyclic) bond motifs is 3. The number of rotatable bonds is 0. The first-order chi connectivity index (χ1) is 9.18. The number of benzene rings is 2. The molecule has 0 fully saturated rings. The van der Waals surface area contributed by atoms with Gasteiger partial charge < -0.3 is 4.90 Å². The summed E-state index contributed by atoms with van der Waals surface area (Å²) in [6.45, 7) is 4.23. The summed E-state index contributed by atoms with van der Waals surface area (Å²) in [5.74, 6) is 0. The Morgan fingerprint density at radius 2 is 1.47 bits per heavy atom. The number of hydrogen-bond donors (Lipinski definition) is 0. The SMILES string of the molecule is CC1=NC(C)N(C)c2ccccc2-c2ccccc21. The largest absolute Gasteiger partial charge is 0.353 e. The van der Waals surface area contributed by atoms with Crippen LogP contribution in [0.2, 0.25) is 0 Å². The van der Waals surface area contributed by atoms with E-state index in [0.717, 1.165) is 5.71 Å². The van der Waals surface area contributed by atoms with Gasteiger partial charge in [0.15, 0.2) is 0 Å². The van der Waals surface area contributed by atoms with Crippen LogP contribution in [-0.4, -0.2) is 18.9 Å². The lowest BCUT2D eigenvalue weighted by Crippen LogP contribution is -2.29. The van der Waals surface area contributed by atoms with Crippen molar-refractivity contribution < 1.29 is 0 Å². The minimum atomic E-state index is 0.148. The van der Waals surface area contributed by atoms with Crippen molar-refractivity contribution in [2.24, 2.45) is 4.99 Å². The molecule has 2 heteroatoms. The minimum absolute atomic E-state index is 0.148. The van der Waals surface area contributed by atoms with E-state index >= 15 is 0 Å². The molecule has 0 amide bonds. The van der Waals surface area contributed by atoms with Crippen molar-refractivity contribution in [3.8, 4) is 11.1 Å². The number of nitrogens with zero attached hydrogens (tertiary/aromatic N) is 2. The lowest BCUT2D eigenvalue weighted by molar-refractivity contribution is 0.722. The van der Waals surface area contributed by atoms with Crippen molar-refractivity contribution >= 4 is 11.4 Å². The molecule has 0 bridgehead atoms. The summed E-state index contributed by atoms with van der Waals surface area (Å²) in [6, 6.07) is 17.0. The van der Waals surface area contributed by atoms with E-state index in [0.29, 0.717) is 0 Å². The summed E-state index contributed by atoms with van der Waals surface area (Å²) in [6.07, 6.45) is 0.148. The third kappa shape index (κ3) is 1.93. The molecule has 96 valence electrons. The van der Waals surface area contributed by atoms with Crippen LogP contribution in [0.15, 0.2) is 53.5 Å². The quantitative estimate of drug-likeness (QED) is 0.691. The smallest absolute Gasteiger partial charge is 0.118 e. The first kappa shape index (κ1) is 12.0. The fourth-order valence-electron chi connectivity index (χ4n) is 2.68. The molecule has 1 atom stereocenters. The van der Waals surface area contributed by atoms with E-state index in [1.165, 1.54) is 22.4 Å². The average Bonchev–Trinajstić information content (AvgIpc) is 2.45. The van der Waals surface area contributed by atoms with Crippen LogP contribution >= 0.6 is 0 Å². The highest BCUT2D eigenvalue weighted by Gasteiger charge is 2.19. The Morgan fingerprint density at radius 1 is 0.895 bits per heavy atom. The Morgan fingerprint density at radius 3 is 2.21 bits per heavy atom. The van der Waals surface area contributed by atoms with Gasteiger partial charge in [-0.25, -0.2) is 0 Å². The van der Waals surface area contributed by atoms with E-state index in [4.69, 9.17) is 4.99 Å². The molecule has 3 rings (SSSR count). The average molecular weight is 250 g/mol.